The van der Waals surface area contributed by atoms with Crippen molar-refractivity contribution < 1.29 is 23.5 Å². The van der Waals surface area contributed by atoms with Crippen LogP contribution in [0.25, 0.3) is 6.08 Å². The fourth-order valence-electron chi connectivity index (χ4n) is 3.29. The molecule has 0 aromatic heterocycles. The van der Waals surface area contributed by atoms with Crippen molar-refractivity contribution in [1.29, 1.82) is 0 Å². The summed E-state index contributed by atoms with van der Waals surface area (Å²) in [7, 11) is 0. The van der Waals surface area contributed by atoms with E-state index in [9.17, 15) is 18.8 Å². The summed E-state index contributed by atoms with van der Waals surface area (Å²) in [5.74, 6) is -2.26. The standard InChI is InChI=1S/C25H16Cl2FN3O4S/c26-15-4-3-5-16(12-15)31-24(34)17(23(33)30-25(31)36)10-14-8-9-21(18(27)11-14)35-13-22(32)29-20-7-2-1-6-19(20)28/h1-12H,13H2,(H,29,32)(H,30,33,36)/b17-10+. The molecule has 0 bridgehead atoms. The van der Waals surface area contributed by atoms with Gasteiger partial charge in [-0.3, -0.25) is 24.6 Å². The molecular formula is C25H16Cl2FN3O4S. The van der Waals surface area contributed by atoms with E-state index in [1.807, 2.05) is 0 Å². The molecule has 0 spiro atoms. The molecule has 3 aromatic carbocycles. The maximum atomic E-state index is 13.7. The van der Waals surface area contributed by atoms with Crippen LogP contribution >= 0.6 is 35.4 Å². The van der Waals surface area contributed by atoms with E-state index in [0.717, 1.165) is 0 Å². The minimum atomic E-state index is -0.662. The Bertz CT molecular complexity index is 1430. The number of hydrogen-bond acceptors (Lipinski definition) is 5. The monoisotopic (exact) mass is 543 g/mol. The van der Waals surface area contributed by atoms with Gasteiger partial charge < -0.3 is 10.1 Å². The fraction of sp³-hybridized carbons (Fsp3) is 0.0400. The Hall–Kier alpha value is -3.79. The molecule has 1 fully saturated rings. The second-order valence-electron chi connectivity index (χ2n) is 7.44. The second-order valence-corrected chi connectivity index (χ2v) is 8.67. The third-order valence-electron chi connectivity index (χ3n) is 4.94. The van der Waals surface area contributed by atoms with Gasteiger partial charge in [-0.05, 0) is 66.3 Å². The number of ether oxygens (including phenoxy) is 1. The molecule has 2 N–H and O–H groups in total. The smallest absolute Gasteiger partial charge is 0.270 e. The predicted molar refractivity (Wildman–Crippen MR) is 140 cm³/mol. The molecule has 3 amide bonds. The van der Waals surface area contributed by atoms with Gasteiger partial charge in [-0.2, -0.15) is 0 Å². The number of rotatable bonds is 6. The van der Waals surface area contributed by atoms with Crippen molar-refractivity contribution in [3.63, 3.8) is 0 Å². The van der Waals surface area contributed by atoms with E-state index < -0.39 is 30.1 Å². The van der Waals surface area contributed by atoms with Crippen LogP contribution in [0.5, 0.6) is 5.75 Å². The second kappa shape index (κ2) is 10.9. The van der Waals surface area contributed by atoms with Gasteiger partial charge in [-0.15, -0.1) is 0 Å². The van der Waals surface area contributed by atoms with Gasteiger partial charge in [-0.1, -0.05) is 47.5 Å². The summed E-state index contributed by atoms with van der Waals surface area (Å²) in [5.41, 5.74) is 0.692. The zero-order chi connectivity index (χ0) is 25.8. The van der Waals surface area contributed by atoms with Crippen LogP contribution in [0, 0.1) is 5.82 Å². The minimum absolute atomic E-state index is 0.0286. The van der Waals surface area contributed by atoms with Crippen molar-refractivity contribution >= 4 is 75.7 Å². The van der Waals surface area contributed by atoms with Crippen LogP contribution < -0.4 is 20.3 Å². The molecule has 0 unspecified atom stereocenters. The molecule has 11 heteroatoms. The van der Waals surface area contributed by atoms with Gasteiger partial charge in [0, 0.05) is 5.02 Å². The third-order valence-corrected chi connectivity index (χ3v) is 5.76. The largest absolute Gasteiger partial charge is 0.482 e. The van der Waals surface area contributed by atoms with Crippen molar-refractivity contribution in [3.05, 3.63) is 93.7 Å². The highest BCUT2D eigenvalue weighted by Gasteiger charge is 2.34. The lowest BCUT2D eigenvalue weighted by molar-refractivity contribution is -0.122. The van der Waals surface area contributed by atoms with Crippen molar-refractivity contribution in [2.75, 3.05) is 16.8 Å². The molecule has 1 aliphatic rings. The highest BCUT2D eigenvalue weighted by atomic mass is 35.5. The number of halogens is 3. The summed E-state index contributed by atoms with van der Waals surface area (Å²) < 4.78 is 19.1. The molecule has 1 aliphatic heterocycles. The fourth-order valence-corrected chi connectivity index (χ4v) is 4.00. The van der Waals surface area contributed by atoms with Gasteiger partial charge in [0.1, 0.15) is 17.1 Å². The number of hydrogen-bond donors (Lipinski definition) is 2. The molecule has 1 saturated heterocycles. The summed E-state index contributed by atoms with van der Waals surface area (Å²) >= 11 is 17.5. The molecule has 182 valence electrons. The van der Waals surface area contributed by atoms with E-state index in [1.54, 1.807) is 36.4 Å². The van der Waals surface area contributed by atoms with Crippen LogP contribution in [-0.4, -0.2) is 29.4 Å². The lowest BCUT2D eigenvalue weighted by atomic mass is 10.1. The van der Waals surface area contributed by atoms with Gasteiger partial charge in [0.15, 0.2) is 11.7 Å². The first-order valence-electron chi connectivity index (χ1n) is 10.4. The third kappa shape index (κ3) is 5.71. The average Bonchev–Trinajstić information content (AvgIpc) is 2.82. The Morgan fingerprint density at radius 2 is 1.86 bits per heavy atom. The molecule has 1 heterocycles. The van der Waals surface area contributed by atoms with Crippen LogP contribution in [0.1, 0.15) is 5.56 Å². The molecule has 0 saturated carbocycles. The van der Waals surface area contributed by atoms with Crippen LogP contribution in [-0.2, 0) is 14.4 Å². The van der Waals surface area contributed by atoms with Crippen LogP contribution in [0.2, 0.25) is 10.0 Å². The molecule has 0 aliphatic carbocycles. The van der Waals surface area contributed by atoms with Gasteiger partial charge in [0.05, 0.1) is 16.4 Å². The van der Waals surface area contributed by atoms with Crippen molar-refractivity contribution in [1.82, 2.24) is 5.32 Å². The number of carbonyl (C=O) groups is 3. The van der Waals surface area contributed by atoms with Gasteiger partial charge >= 0.3 is 0 Å². The van der Waals surface area contributed by atoms with E-state index in [0.29, 0.717) is 16.3 Å². The van der Waals surface area contributed by atoms with E-state index in [4.69, 9.17) is 40.2 Å². The number of nitrogens with zero attached hydrogens (tertiary/aromatic N) is 1. The number of anilines is 2. The van der Waals surface area contributed by atoms with E-state index in [-0.39, 0.29) is 27.1 Å². The summed E-state index contributed by atoms with van der Waals surface area (Å²) in [6, 6.07) is 16.7. The maximum absolute atomic E-state index is 13.7. The average molecular weight is 544 g/mol. The maximum Gasteiger partial charge on any atom is 0.270 e. The SMILES string of the molecule is O=C(COc1ccc(/C=C2\C(=O)NC(=S)N(c3cccc(Cl)c3)C2=O)cc1Cl)Nc1ccccc1F. The zero-order valence-corrected chi connectivity index (χ0v) is 20.6. The Labute approximate surface area is 220 Å². The minimum Gasteiger partial charge on any atom is -0.482 e. The number of amides is 3. The highest BCUT2D eigenvalue weighted by molar-refractivity contribution is 7.80. The summed E-state index contributed by atoms with van der Waals surface area (Å²) in [4.78, 5) is 38.9. The first kappa shape index (κ1) is 25.3. The van der Waals surface area contributed by atoms with E-state index in [1.165, 1.54) is 41.3 Å². The van der Waals surface area contributed by atoms with Crippen molar-refractivity contribution in [2.45, 2.75) is 0 Å². The van der Waals surface area contributed by atoms with Crippen molar-refractivity contribution in [2.24, 2.45) is 0 Å². The normalized spacial score (nSPS) is 14.6. The Morgan fingerprint density at radius 3 is 2.58 bits per heavy atom. The van der Waals surface area contributed by atoms with Crippen molar-refractivity contribution in [3.8, 4) is 5.75 Å². The summed E-state index contributed by atoms with van der Waals surface area (Å²) in [6.07, 6.45) is 1.36. The first-order chi connectivity index (χ1) is 17.2. The van der Waals surface area contributed by atoms with Gasteiger partial charge in [-0.25, -0.2) is 4.39 Å². The number of carbonyl (C=O) groups excluding carboxylic acids is 3. The van der Waals surface area contributed by atoms with Gasteiger partial charge in [0.2, 0.25) is 0 Å². The molecule has 0 radical (unpaired) electrons. The van der Waals surface area contributed by atoms with Crippen LogP contribution in [0.4, 0.5) is 15.8 Å². The molecular weight excluding hydrogens is 528 g/mol. The molecule has 0 atom stereocenters. The lowest BCUT2D eigenvalue weighted by Crippen LogP contribution is -2.54. The topological polar surface area (TPSA) is 87.7 Å². The van der Waals surface area contributed by atoms with E-state index in [2.05, 4.69) is 10.6 Å². The first-order valence-corrected chi connectivity index (χ1v) is 11.5. The van der Waals surface area contributed by atoms with Crippen LogP contribution in [0.3, 0.4) is 0 Å². The summed E-state index contributed by atoms with van der Waals surface area (Å²) in [5, 5.41) is 5.35. The number of nitrogens with one attached hydrogen (secondary N) is 2. The Kier molecular flexibility index (Phi) is 7.64. The lowest BCUT2D eigenvalue weighted by Gasteiger charge is -2.29. The predicted octanol–water partition coefficient (Wildman–Crippen LogP) is 4.98. The molecule has 4 rings (SSSR count). The Morgan fingerprint density at radius 1 is 1.08 bits per heavy atom. The molecule has 7 nitrogen and oxygen atoms in total. The number of para-hydroxylation sites is 1. The van der Waals surface area contributed by atoms with Gasteiger partial charge in [0.25, 0.3) is 17.7 Å². The summed E-state index contributed by atoms with van der Waals surface area (Å²) in [6.45, 7) is -0.415. The van der Waals surface area contributed by atoms with E-state index >= 15 is 0 Å². The molecule has 3 aromatic rings. The Balaban J connectivity index is 1.48. The number of benzene rings is 3. The zero-order valence-electron chi connectivity index (χ0n) is 18.3. The highest BCUT2D eigenvalue weighted by Crippen LogP contribution is 2.28. The van der Waals surface area contributed by atoms with Crippen LogP contribution in [0.15, 0.2) is 72.3 Å². The molecule has 36 heavy (non-hydrogen) atoms. The quantitative estimate of drug-likeness (QED) is 0.260. The number of thiocarbonyl (C=S) groups is 1.